The van der Waals surface area contributed by atoms with E-state index in [4.69, 9.17) is 9.84 Å². The molecule has 0 spiro atoms. The van der Waals surface area contributed by atoms with Gasteiger partial charge < -0.3 is 9.84 Å². The molecular formula is C14H16BrNO4. The number of carboxylic acids is 1. The zero-order chi connectivity index (χ0) is 15.5. The third-order valence-corrected chi connectivity index (χ3v) is 2.90. The summed E-state index contributed by atoms with van der Waals surface area (Å²) in [6.45, 7) is 8.74. The van der Waals surface area contributed by atoms with E-state index < -0.39 is 17.7 Å². The molecule has 1 rings (SSSR count). The second-order valence-corrected chi connectivity index (χ2v) is 5.96. The van der Waals surface area contributed by atoms with Crippen molar-refractivity contribution in [1.29, 1.82) is 0 Å². The minimum absolute atomic E-state index is 0.0512. The molecule has 0 aliphatic rings. The van der Waals surface area contributed by atoms with Crippen LogP contribution in [0.5, 0.6) is 0 Å². The van der Waals surface area contributed by atoms with Crippen LogP contribution in [0.3, 0.4) is 0 Å². The fourth-order valence-electron chi connectivity index (χ4n) is 1.35. The first-order valence-corrected chi connectivity index (χ1v) is 6.61. The molecule has 0 heterocycles. The molecule has 0 bridgehead atoms. The number of carbonyl (C=O) groups excluding carboxylic acids is 1. The van der Waals surface area contributed by atoms with Gasteiger partial charge in [-0.25, -0.2) is 9.59 Å². The largest absolute Gasteiger partial charge is 0.478 e. The van der Waals surface area contributed by atoms with Gasteiger partial charge in [-0.1, -0.05) is 12.6 Å². The van der Waals surface area contributed by atoms with Crippen molar-refractivity contribution in [2.75, 3.05) is 5.32 Å². The van der Waals surface area contributed by atoms with Crippen molar-refractivity contribution in [2.45, 2.75) is 26.4 Å². The zero-order valence-electron chi connectivity index (χ0n) is 11.5. The number of aliphatic carboxylic acids is 1. The highest BCUT2D eigenvalue weighted by molar-refractivity contribution is 9.10. The average Bonchev–Trinajstić information content (AvgIpc) is 2.28. The SMILES string of the molecule is C=C(C(=O)O)c1ccc(Br)c(NC(=O)OC(C)(C)C)c1. The third kappa shape index (κ3) is 4.70. The topological polar surface area (TPSA) is 75.6 Å². The molecule has 0 unspecified atom stereocenters. The monoisotopic (exact) mass is 341 g/mol. The molecule has 20 heavy (non-hydrogen) atoms. The Bertz CT molecular complexity index is 561. The zero-order valence-corrected chi connectivity index (χ0v) is 13.1. The van der Waals surface area contributed by atoms with Crippen LogP contribution in [0.1, 0.15) is 26.3 Å². The van der Waals surface area contributed by atoms with Crippen molar-refractivity contribution in [3.63, 3.8) is 0 Å². The molecule has 2 N–H and O–H groups in total. The van der Waals surface area contributed by atoms with Gasteiger partial charge in [0.1, 0.15) is 5.60 Å². The van der Waals surface area contributed by atoms with E-state index in [1.807, 2.05) is 0 Å². The van der Waals surface area contributed by atoms with E-state index in [1.165, 1.54) is 6.07 Å². The first-order chi connectivity index (χ1) is 9.10. The summed E-state index contributed by atoms with van der Waals surface area (Å²) in [4.78, 5) is 22.6. The summed E-state index contributed by atoms with van der Waals surface area (Å²) in [5.41, 5.74) is 0.161. The fourth-order valence-corrected chi connectivity index (χ4v) is 1.69. The maximum atomic E-state index is 11.7. The van der Waals surface area contributed by atoms with Gasteiger partial charge in [-0.05, 0) is 54.4 Å². The van der Waals surface area contributed by atoms with Gasteiger partial charge in [0.25, 0.3) is 0 Å². The van der Waals surface area contributed by atoms with Crippen LogP contribution in [0, 0.1) is 0 Å². The number of halogens is 1. The minimum atomic E-state index is -1.12. The van der Waals surface area contributed by atoms with Gasteiger partial charge in [0.2, 0.25) is 0 Å². The van der Waals surface area contributed by atoms with Crippen LogP contribution in [-0.2, 0) is 9.53 Å². The third-order valence-electron chi connectivity index (χ3n) is 2.21. The summed E-state index contributed by atoms with van der Waals surface area (Å²) in [7, 11) is 0. The van der Waals surface area contributed by atoms with Crippen LogP contribution >= 0.6 is 15.9 Å². The molecule has 0 saturated heterocycles. The second kappa shape index (κ2) is 6.09. The van der Waals surface area contributed by atoms with Crippen LogP contribution in [-0.4, -0.2) is 22.8 Å². The summed E-state index contributed by atoms with van der Waals surface area (Å²) < 4.78 is 5.75. The van der Waals surface area contributed by atoms with Crippen LogP contribution in [0.25, 0.3) is 5.57 Å². The molecule has 1 aromatic rings. The molecule has 1 amide bonds. The van der Waals surface area contributed by atoms with Gasteiger partial charge in [0.05, 0.1) is 11.3 Å². The molecular weight excluding hydrogens is 326 g/mol. The van der Waals surface area contributed by atoms with E-state index in [1.54, 1.807) is 32.9 Å². The lowest BCUT2D eigenvalue weighted by Gasteiger charge is -2.20. The Morgan fingerprint density at radius 3 is 2.45 bits per heavy atom. The van der Waals surface area contributed by atoms with Crippen molar-refractivity contribution in [3.05, 3.63) is 34.8 Å². The van der Waals surface area contributed by atoms with Crippen molar-refractivity contribution >= 4 is 39.3 Å². The maximum Gasteiger partial charge on any atom is 0.412 e. The first-order valence-electron chi connectivity index (χ1n) is 5.82. The van der Waals surface area contributed by atoms with Gasteiger partial charge >= 0.3 is 12.1 Å². The second-order valence-electron chi connectivity index (χ2n) is 5.11. The maximum absolute atomic E-state index is 11.7. The molecule has 5 nitrogen and oxygen atoms in total. The normalized spacial score (nSPS) is 10.8. The molecule has 1 aromatic carbocycles. The Kier molecular flexibility index (Phi) is 4.94. The lowest BCUT2D eigenvalue weighted by molar-refractivity contribution is -0.130. The quantitative estimate of drug-likeness (QED) is 0.817. The standard InChI is InChI=1S/C14H16BrNO4/c1-8(12(17)18)9-5-6-10(15)11(7-9)16-13(19)20-14(2,3)4/h5-7H,1H2,2-4H3,(H,16,19)(H,17,18). The minimum Gasteiger partial charge on any atom is -0.478 e. The number of amides is 1. The number of benzene rings is 1. The smallest absolute Gasteiger partial charge is 0.412 e. The summed E-state index contributed by atoms with van der Waals surface area (Å²) in [5.74, 6) is -1.12. The number of hydrogen-bond donors (Lipinski definition) is 2. The first kappa shape index (κ1) is 16.2. The van der Waals surface area contributed by atoms with Gasteiger partial charge in [-0.3, -0.25) is 5.32 Å². The lowest BCUT2D eigenvalue weighted by Crippen LogP contribution is -2.27. The van der Waals surface area contributed by atoms with Crippen molar-refractivity contribution < 1.29 is 19.4 Å². The van der Waals surface area contributed by atoms with Crippen LogP contribution in [0.4, 0.5) is 10.5 Å². The molecule has 0 fully saturated rings. The summed E-state index contributed by atoms with van der Waals surface area (Å²) >= 11 is 3.28. The Balaban J connectivity index is 2.95. The highest BCUT2D eigenvalue weighted by Crippen LogP contribution is 2.27. The van der Waals surface area contributed by atoms with Gasteiger partial charge in [-0.15, -0.1) is 0 Å². The van der Waals surface area contributed by atoms with E-state index in [9.17, 15) is 9.59 Å². The highest BCUT2D eigenvalue weighted by atomic mass is 79.9. The predicted octanol–water partition coefficient (Wildman–Crippen LogP) is 3.89. The molecule has 108 valence electrons. The van der Waals surface area contributed by atoms with Gasteiger partial charge in [-0.2, -0.15) is 0 Å². The van der Waals surface area contributed by atoms with E-state index >= 15 is 0 Å². The van der Waals surface area contributed by atoms with Crippen LogP contribution in [0.15, 0.2) is 29.3 Å². The Hall–Kier alpha value is -1.82. The van der Waals surface area contributed by atoms with E-state index in [2.05, 4.69) is 27.8 Å². The van der Waals surface area contributed by atoms with E-state index in [-0.39, 0.29) is 5.57 Å². The van der Waals surface area contributed by atoms with Gasteiger partial charge in [0.15, 0.2) is 0 Å². The van der Waals surface area contributed by atoms with Gasteiger partial charge in [0, 0.05) is 4.47 Å². The molecule has 0 aliphatic heterocycles. The molecule has 0 saturated carbocycles. The number of hydrogen-bond acceptors (Lipinski definition) is 3. The summed E-state index contributed by atoms with van der Waals surface area (Å²) in [6.07, 6.45) is -0.615. The summed E-state index contributed by atoms with van der Waals surface area (Å²) in [6, 6.07) is 4.75. The predicted molar refractivity (Wildman–Crippen MR) is 80.7 cm³/mol. The number of nitrogens with one attached hydrogen (secondary N) is 1. The molecule has 0 atom stereocenters. The Morgan fingerprint density at radius 2 is 1.95 bits per heavy atom. The van der Waals surface area contributed by atoms with Crippen LogP contribution in [0.2, 0.25) is 0 Å². The number of anilines is 1. The number of rotatable bonds is 3. The van der Waals surface area contributed by atoms with Crippen molar-refractivity contribution in [2.24, 2.45) is 0 Å². The van der Waals surface area contributed by atoms with Crippen molar-refractivity contribution in [3.8, 4) is 0 Å². The summed E-state index contributed by atoms with van der Waals surface area (Å²) in [5, 5.41) is 11.5. The fraction of sp³-hybridized carbons (Fsp3) is 0.286. The highest BCUT2D eigenvalue weighted by Gasteiger charge is 2.17. The van der Waals surface area contributed by atoms with E-state index in [0.717, 1.165) is 0 Å². The molecule has 0 aromatic heterocycles. The number of ether oxygens (including phenoxy) is 1. The lowest BCUT2D eigenvalue weighted by atomic mass is 10.1. The Morgan fingerprint density at radius 1 is 1.35 bits per heavy atom. The Labute approximate surface area is 125 Å². The molecule has 6 heteroatoms. The number of carbonyl (C=O) groups is 2. The number of carboxylic acid groups (broad SMARTS) is 1. The molecule has 0 radical (unpaired) electrons. The van der Waals surface area contributed by atoms with Crippen molar-refractivity contribution in [1.82, 2.24) is 0 Å². The van der Waals surface area contributed by atoms with E-state index in [0.29, 0.717) is 15.7 Å². The van der Waals surface area contributed by atoms with Crippen LogP contribution < -0.4 is 5.32 Å². The average molecular weight is 342 g/mol. The molecule has 0 aliphatic carbocycles.